The number of amides is 1. The van der Waals surface area contributed by atoms with E-state index in [1.54, 1.807) is 24.3 Å². The number of aliphatic carboxylic acids is 1. The van der Waals surface area contributed by atoms with E-state index >= 15 is 0 Å². The van der Waals surface area contributed by atoms with Crippen molar-refractivity contribution in [3.05, 3.63) is 60.4 Å². The molecular formula is C18H21N3O5S. The molecule has 0 aliphatic carbocycles. The second-order valence-electron chi connectivity index (χ2n) is 6.00. The van der Waals surface area contributed by atoms with Crippen molar-refractivity contribution in [1.29, 1.82) is 0 Å². The molecule has 2 rings (SSSR count). The van der Waals surface area contributed by atoms with Gasteiger partial charge in [0.25, 0.3) is 0 Å². The number of carboxylic acids is 1. The molecule has 1 amide bonds. The number of nitrogens with zero attached hydrogens (tertiary/aromatic N) is 3. The van der Waals surface area contributed by atoms with Crippen molar-refractivity contribution in [3.8, 4) is 0 Å². The van der Waals surface area contributed by atoms with Gasteiger partial charge in [-0.05, 0) is 17.7 Å². The molecule has 0 radical (unpaired) electrons. The predicted octanol–water partition coefficient (Wildman–Crippen LogP) is 0.856. The molecule has 9 heteroatoms. The zero-order valence-corrected chi connectivity index (χ0v) is 15.8. The first-order valence-corrected chi connectivity index (χ1v) is 9.56. The monoisotopic (exact) mass is 391 g/mol. The van der Waals surface area contributed by atoms with Crippen LogP contribution in [-0.2, 0) is 26.0 Å². The summed E-state index contributed by atoms with van der Waals surface area (Å²) in [6.07, 6.45) is 2.76. The number of hydrogen-bond acceptors (Lipinski definition) is 5. The minimum atomic E-state index is -3.90. The summed E-state index contributed by atoms with van der Waals surface area (Å²) >= 11 is 0. The first kappa shape index (κ1) is 20.5. The first-order chi connectivity index (χ1) is 12.7. The average molecular weight is 391 g/mol. The molecule has 0 bridgehead atoms. The number of pyridine rings is 1. The standard InChI is InChI=1S/C18H21N3O5S/c1-20(27(25,26)15-9-6-10-19-12-15)13-17(22)21(2)16(18(23)24)11-14-7-4-3-5-8-14/h3-10,12,16H,11,13H2,1-2H3,(H,23,24). The molecule has 8 nitrogen and oxygen atoms in total. The minimum Gasteiger partial charge on any atom is -0.480 e. The van der Waals surface area contributed by atoms with Crippen molar-refractivity contribution in [2.24, 2.45) is 0 Å². The zero-order valence-electron chi connectivity index (χ0n) is 15.0. The van der Waals surface area contributed by atoms with Gasteiger partial charge in [0.05, 0.1) is 6.54 Å². The largest absolute Gasteiger partial charge is 0.480 e. The third-order valence-electron chi connectivity index (χ3n) is 4.12. The van der Waals surface area contributed by atoms with Gasteiger partial charge in [-0.3, -0.25) is 9.78 Å². The summed E-state index contributed by atoms with van der Waals surface area (Å²) < 4.78 is 25.8. The van der Waals surface area contributed by atoms with Crippen LogP contribution in [0.5, 0.6) is 0 Å². The Balaban J connectivity index is 2.11. The normalized spacial score (nSPS) is 12.6. The maximum absolute atomic E-state index is 12.5. The summed E-state index contributed by atoms with van der Waals surface area (Å²) in [6.45, 7) is -0.480. The van der Waals surface area contributed by atoms with Crippen LogP contribution < -0.4 is 0 Å². The number of benzene rings is 1. The summed E-state index contributed by atoms with van der Waals surface area (Å²) in [6, 6.07) is 10.7. The van der Waals surface area contributed by atoms with Gasteiger partial charge >= 0.3 is 5.97 Å². The fourth-order valence-corrected chi connectivity index (χ4v) is 3.55. The Bertz CT molecular complexity index is 888. The van der Waals surface area contributed by atoms with E-state index in [2.05, 4.69) is 4.98 Å². The lowest BCUT2D eigenvalue weighted by atomic mass is 10.1. The summed E-state index contributed by atoms with van der Waals surface area (Å²) in [7, 11) is -1.28. The van der Waals surface area contributed by atoms with Gasteiger partial charge in [-0.2, -0.15) is 4.31 Å². The van der Waals surface area contributed by atoms with Crippen LogP contribution in [0.1, 0.15) is 5.56 Å². The molecule has 27 heavy (non-hydrogen) atoms. The summed E-state index contributed by atoms with van der Waals surface area (Å²) in [5.74, 6) is -1.78. The lowest BCUT2D eigenvalue weighted by Crippen LogP contribution is -2.48. The molecule has 1 aromatic carbocycles. The van der Waals surface area contributed by atoms with Crippen LogP contribution in [0, 0.1) is 0 Å². The SMILES string of the molecule is CN(C(=O)CN(C)S(=O)(=O)c1cccnc1)C(Cc1ccccc1)C(=O)O. The summed E-state index contributed by atoms with van der Waals surface area (Å²) in [5.41, 5.74) is 0.765. The molecule has 1 heterocycles. The fraction of sp³-hybridized carbons (Fsp3) is 0.278. The highest BCUT2D eigenvalue weighted by Crippen LogP contribution is 2.14. The number of rotatable bonds is 8. The van der Waals surface area contributed by atoms with Crippen LogP contribution in [-0.4, -0.2) is 66.3 Å². The Morgan fingerprint density at radius 2 is 1.78 bits per heavy atom. The Hall–Kier alpha value is -2.78. The highest BCUT2D eigenvalue weighted by Gasteiger charge is 2.30. The Labute approximate surface area is 158 Å². The molecule has 0 fully saturated rings. The number of aromatic nitrogens is 1. The second-order valence-corrected chi connectivity index (χ2v) is 8.04. The highest BCUT2D eigenvalue weighted by atomic mass is 32.2. The van der Waals surface area contributed by atoms with E-state index in [0.717, 1.165) is 14.8 Å². The molecule has 1 atom stereocenters. The maximum atomic E-state index is 12.5. The molecule has 1 N–H and O–H groups in total. The quantitative estimate of drug-likeness (QED) is 0.715. The van der Waals surface area contributed by atoms with Crippen LogP contribution in [0.2, 0.25) is 0 Å². The van der Waals surface area contributed by atoms with Crippen molar-refractivity contribution < 1.29 is 23.1 Å². The van der Waals surface area contributed by atoms with Crippen molar-refractivity contribution in [3.63, 3.8) is 0 Å². The van der Waals surface area contributed by atoms with E-state index in [1.807, 2.05) is 6.07 Å². The van der Waals surface area contributed by atoms with Gasteiger partial charge in [-0.25, -0.2) is 13.2 Å². The molecular weight excluding hydrogens is 370 g/mol. The van der Waals surface area contributed by atoms with Crippen molar-refractivity contribution in [1.82, 2.24) is 14.2 Å². The fourth-order valence-electron chi connectivity index (χ4n) is 2.47. The van der Waals surface area contributed by atoms with Crippen LogP contribution in [0.25, 0.3) is 0 Å². The topological polar surface area (TPSA) is 108 Å². The van der Waals surface area contributed by atoms with Gasteiger partial charge in [-0.15, -0.1) is 0 Å². The third kappa shape index (κ3) is 5.11. The van der Waals surface area contributed by atoms with Gasteiger partial charge in [0.1, 0.15) is 10.9 Å². The van der Waals surface area contributed by atoms with Gasteiger partial charge in [0.2, 0.25) is 15.9 Å². The smallest absolute Gasteiger partial charge is 0.326 e. The Kier molecular flexibility index (Phi) is 6.65. The molecule has 0 saturated heterocycles. The van der Waals surface area contributed by atoms with Gasteiger partial charge in [-0.1, -0.05) is 30.3 Å². The van der Waals surface area contributed by atoms with E-state index in [1.165, 1.54) is 38.6 Å². The molecule has 0 saturated carbocycles. The van der Waals surface area contributed by atoms with Crippen molar-refractivity contribution in [2.75, 3.05) is 20.6 Å². The molecule has 2 aromatic rings. The molecule has 144 valence electrons. The molecule has 1 unspecified atom stereocenters. The van der Waals surface area contributed by atoms with E-state index < -0.39 is 34.5 Å². The van der Waals surface area contributed by atoms with Crippen LogP contribution in [0.3, 0.4) is 0 Å². The minimum absolute atomic E-state index is 0.0398. The van der Waals surface area contributed by atoms with Gasteiger partial charge in [0.15, 0.2) is 0 Å². The van der Waals surface area contributed by atoms with Crippen molar-refractivity contribution >= 4 is 21.9 Å². The Morgan fingerprint density at radius 1 is 1.11 bits per heavy atom. The number of carboxylic acid groups (broad SMARTS) is 1. The maximum Gasteiger partial charge on any atom is 0.326 e. The number of likely N-dealkylation sites (N-methyl/N-ethyl adjacent to an activating group) is 2. The number of carbonyl (C=O) groups is 2. The van der Waals surface area contributed by atoms with Gasteiger partial charge < -0.3 is 10.0 Å². The molecule has 0 spiro atoms. The third-order valence-corrected chi connectivity index (χ3v) is 5.91. The van der Waals surface area contributed by atoms with E-state index in [-0.39, 0.29) is 11.3 Å². The van der Waals surface area contributed by atoms with Crippen LogP contribution in [0.15, 0.2) is 59.8 Å². The number of sulfonamides is 1. The molecule has 0 aliphatic rings. The lowest BCUT2D eigenvalue weighted by Gasteiger charge is -2.27. The number of hydrogen-bond donors (Lipinski definition) is 1. The summed E-state index contributed by atoms with van der Waals surface area (Å²) in [5, 5.41) is 9.49. The summed E-state index contributed by atoms with van der Waals surface area (Å²) in [4.78, 5) is 28.9. The van der Waals surface area contributed by atoms with E-state index in [9.17, 15) is 23.1 Å². The second kappa shape index (κ2) is 8.74. The first-order valence-electron chi connectivity index (χ1n) is 8.12. The predicted molar refractivity (Wildman–Crippen MR) is 98.4 cm³/mol. The zero-order chi connectivity index (χ0) is 20.0. The van der Waals surface area contributed by atoms with Crippen molar-refractivity contribution in [2.45, 2.75) is 17.4 Å². The van der Waals surface area contributed by atoms with Crippen LogP contribution >= 0.6 is 0 Å². The van der Waals surface area contributed by atoms with Crippen LogP contribution in [0.4, 0.5) is 0 Å². The van der Waals surface area contributed by atoms with E-state index in [4.69, 9.17) is 0 Å². The molecule has 0 aliphatic heterocycles. The highest BCUT2D eigenvalue weighted by molar-refractivity contribution is 7.89. The van der Waals surface area contributed by atoms with Gasteiger partial charge in [0, 0.05) is 32.9 Å². The lowest BCUT2D eigenvalue weighted by molar-refractivity contribution is -0.149. The average Bonchev–Trinajstić information content (AvgIpc) is 2.66. The molecule has 1 aromatic heterocycles. The number of carbonyl (C=O) groups excluding carboxylic acids is 1. The van der Waals surface area contributed by atoms with E-state index in [0.29, 0.717) is 0 Å². The Morgan fingerprint density at radius 3 is 2.33 bits per heavy atom.